The lowest BCUT2D eigenvalue weighted by molar-refractivity contribution is 0.233. The Kier molecular flexibility index (Phi) is 5.56. The highest BCUT2D eigenvalue weighted by atomic mass is 19.1. The number of ether oxygens (including phenoxy) is 1. The number of carbonyl (C=O) groups is 1. The van der Waals surface area contributed by atoms with Gasteiger partial charge in [0.15, 0.2) is 5.65 Å². The molecule has 2 aliphatic rings. The summed E-state index contributed by atoms with van der Waals surface area (Å²) in [4.78, 5) is 23.6. The molecule has 0 saturated carbocycles. The number of rotatable bonds is 1. The summed E-state index contributed by atoms with van der Waals surface area (Å²) in [6.07, 6.45) is 5.55. The summed E-state index contributed by atoms with van der Waals surface area (Å²) in [7, 11) is 1.63. The van der Waals surface area contributed by atoms with Crippen LogP contribution in [0.1, 0.15) is 26.7 Å². The molecule has 2 N–H and O–H groups in total. The Morgan fingerprint density at radius 1 is 1.47 bits per heavy atom. The van der Waals surface area contributed by atoms with Crippen LogP contribution in [0.25, 0.3) is 5.65 Å². The maximum absolute atomic E-state index is 14.1. The van der Waals surface area contributed by atoms with Gasteiger partial charge in [0.25, 0.3) is 0 Å². The molecule has 30 heavy (non-hydrogen) atoms. The third kappa shape index (κ3) is 3.94. The molecule has 3 atom stereocenters. The Morgan fingerprint density at radius 2 is 2.30 bits per heavy atom. The van der Waals surface area contributed by atoms with Gasteiger partial charge in [0, 0.05) is 25.4 Å². The minimum Gasteiger partial charge on any atom is -0.475 e. The van der Waals surface area contributed by atoms with Gasteiger partial charge in [-0.05, 0) is 38.8 Å². The van der Waals surface area contributed by atoms with Gasteiger partial charge in [0.1, 0.15) is 24.3 Å². The summed E-state index contributed by atoms with van der Waals surface area (Å²) in [5.74, 6) is 1.11. The minimum atomic E-state index is -1.15. The fraction of sp³-hybridized carbons (Fsp3) is 0.500. The zero-order valence-corrected chi connectivity index (χ0v) is 17.3. The number of hydrogen-bond acceptors (Lipinski definition) is 6. The number of allylic oxidation sites excluding steroid dienone is 1. The molecular weight excluding hydrogens is 389 g/mol. The molecule has 4 heterocycles. The van der Waals surface area contributed by atoms with E-state index in [2.05, 4.69) is 25.6 Å². The number of nitrogens with one attached hydrogen (secondary N) is 2. The molecule has 0 aromatic carbocycles. The second-order valence-electron chi connectivity index (χ2n) is 7.60. The van der Waals surface area contributed by atoms with E-state index in [9.17, 15) is 9.18 Å². The number of halogens is 1. The Bertz CT molecular complexity index is 1000. The SMILES string of the molecule is C/N=C1/OC[C@@H](C)NC(=O)Nc2cnn3ccc(nc23)N2CCC[C@@H]2/C1=C/[C@@H](C)F. The largest absolute Gasteiger partial charge is 0.475 e. The number of aliphatic imine (C=N–C) groups is 1. The fourth-order valence-electron chi connectivity index (χ4n) is 3.95. The maximum atomic E-state index is 14.1. The van der Waals surface area contributed by atoms with E-state index in [-0.39, 0.29) is 24.7 Å². The first kappa shape index (κ1) is 20.1. The van der Waals surface area contributed by atoms with Crippen LogP contribution in [-0.4, -0.2) is 65.0 Å². The topological polar surface area (TPSA) is 96.1 Å². The normalized spacial score (nSPS) is 26.3. The van der Waals surface area contributed by atoms with Crippen molar-refractivity contribution >= 4 is 29.1 Å². The van der Waals surface area contributed by atoms with E-state index in [1.54, 1.807) is 30.0 Å². The summed E-state index contributed by atoms with van der Waals surface area (Å²) in [6, 6.07) is 1.09. The second kappa shape index (κ2) is 8.29. The smallest absolute Gasteiger partial charge is 0.319 e. The van der Waals surface area contributed by atoms with Crippen molar-refractivity contribution in [3.05, 3.63) is 30.1 Å². The highest BCUT2D eigenvalue weighted by Gasteiger charge is 2.33. The van der Waals surface area contributed by atoms with Gasteiger partial charge in [-0.1, -0.05) is 0 Å². The molecule has 2 amide bonds. The number of carbonyl (C=O) groups excluding carboxylic acids is 1. The number of nitrogens with zero attached hydrogens (tertiary/aromatic N) is 5. The van der Waals surface area contributed by atoms with Crippen molar-refractivity contribution in [2.45, 2.75) is 44.9 Å². The van der Waals surface area contributed by atoms with Gasteiger partial charge >= 0.3 is 6.03 Å². The third-order valence-electron chi connectivity index (χ3n) is 5.22. The standard InChI is InChI=1S/C20H26FN7O2/c1-12(21)9-14-16-5-4-7-27(16)17-6-8-28-18(26-17)15(10-23-28)25-20(29)24-13(2)11-30-19(14)22-3/h6,8-10,12-13,16H,4-5,7,11H2,1-3H3,(H2,24,25,29)/b14-9-,22-19+/t12-,13-,16-/m1/s1. The summed E-state index contributed by atoms with van der Waals surface area (Å²) >= 11 is 0. The van der Waals surface area contributed by atoms with Gasteiger partial charge in [-0.3, -0.25) is 4.99 Å². The number of amides is 2. The average molecular weight is 415 g/mol. The summed E-state index contributed by atoms with van der Waals surface area (Å²) in [5.41, 5.74) is 1.76. The molecule has 2 bridgehead atoms. The lowest BCUT2D eigenvalue weighted by atomic mass is 10.0. The fourth-order valence-corrected chi connectivity index (χ4v) is 3.95. The molecule has 2 aromatic rings. The van der Waals surface area contributed by atoms with E-state index in [0.717, 1.165) is 25.2 Å². The van der Waals surface area contributed by atoms with Crippen LogP contribution < -0.4 is 15.5 Å². The zero-order chi connectivity index (χ0) is 21.3. The van der Waals surface area contributed by atoms with E-state index in [0.29, 0.717) is 22.8 Å². The maximum Gasteiger partial charge on any atom is 0.319 e. The Morgan fingerprint density at radius 3 is 3.07 bits per heavy atom. The van der Waals surface area contributed by atoms with E-state index in [1.807, 2.05) is 13.0 Å². The lowest BCUT2D eigenvalue weighted by Crippen LogP contribution is -2.41. The van der Waals surface area contributed by atoms with Crippen molar-refractivity contribution in [1.29, 1.82) is 0 Å². The van der Waals surface area contributed by atoms with Crippen LogP contribution >= 0.6 is 0 Å². The third-order valence-corrected chi connectivity index (χ3v) is 5.22. The first-order valence-electron chi connectivity index (χ1n) is 10.1. The van der Waals surface area contributed by atoms with Crippen LogP contribution in [0.4, 0.5) is 20.7 Å². The molecule has 160 valence electrons. The number of fused-ring (bicyclic) bond motifs is 3. The van der Waals surface area contributed by atoms with Crippen molar-refractivity contribution < 1.29 is 13.9 Å². The van der Waals surface area contributed by atoms with Crippen molar-refractivity contribution in [1.82, 2.24) is 19.9 Å². The summed E-state index contributed by atoms with van der Waals surface area (Å²) < 4.78 is 21.6. The molecular formula is C20H26FN7O2. The first-order valence-corrected chi connectivity index (χ1v) is 10.1. The van der Waals surface area contributed by atoms with Crippen LogP contribution in [0.15, 0.2) is 35.1 Å². The van der Waals surface area contributed by atoms with Gasteiger partial charge < -0.3 is 20.3 Å². The Labute approximate surface area is 174 Å². The van der Waals surface area contributed by atoms with E-state index < -0.39 is 6.17 Å². The number of aromatic nitrogens is 3. The number of alkyl halides is 1. The predicted octanol–water partition coefficient (Wildman–Crippen LogP) is 2.55. The number of urea groups is 1. The van der Waals surface area contributed by atoms with Gasteiger partial charge in [-0.2, -0.15) is 5.10 Å². The summed E-state index contributed by atoms with van der Waals surface area (Å²) in [5, 5.41) is 9.88. The quantitative estimate of drug-likeness (QED) is 0.746. The van der Waals surface area contributed by atoms with E-state index in [1.165, 1.54) is 6.92 Å². The number of hydrogen-bond donors (Lipinski definition) is 2. The molecule has 0 unspecified atom stereocenters. The highest BCUT2D eigenvalue weighted by Crippen LogP contribution is 2.31. The molecule has 1 saturated heterocycles. The van der Waals surface area contributed by atoms with Crippen LogP contribution in [-0.2, 0) is 4.74 Å². The minimum absolute atomic E-state index is 0.107. The molecule has 9 nitrogen and oxygen atoms in total. The van der Waals surface area contributed by atoms with Gasteiger partial charge in [0.2, 0.25) is 5.90 Å². The van der Waals surface area contributed by atoms with Gasteiger partial charge in [-0.25, -0.2) is 18.7 Å². The number of anilines is 2. The molecule has 10 heteroatoms. The molecule has 2 aliphatic heterocycles. The van der Waals surface area contributed by atoms with Crippen LogP contribution in [0, 0.1) is 0 Å². The van der Waals surface area contributed by atoms with Crippen LogP contribution in [0.3, 0.4) is 0 Å². The van der Waals surface area contributed by atoms with E-state index >= 15 is 0 Å². The second-order valence-corrected chi connectivity index (χ2v) is 7.60. The average Bonchev–Trinajstić information content (AvgIpc) is 3.33. The van der Waals surface area contributed by atoms with Crippen molar-refractivity contribution in [2.24, 2.45) is 4.99 Å². The van der Waals surface area contributed by atoms with Crippen molar-refractivity contribution in [2.75, 3.05) is 30.4 Å². The van der Waals surface area contributed by atoms with Crippen LogP contribution in [0.2, 0.25) is 0 Å². The summed E-state index contributed by atoms with van der Waals surface area (Å²) in [6.45, 7) is 4.30. The predicted molar refractivity (Wildman–Crippen MR) is 113 cm³/mol. The molecule has 1 fully saturated rings. The Balaban J connectivity index is 1.83. The highest BCUT2D eigenvalue weighted by molar-refractivity contribution is 5.96. The molecule has 0 radical (unpaired) electrons. The first-order chi connectivity index (χ1) is 14.5. The van der Waals surface area contributed by atoms with Crippen LogP contribution in [0.5, 0.6) is 0 Å². The Hall–Kier alpha value is -3.17. The molecule has 0 aliphatic carbocycles. The molecule has 2 aromatic heterocycles. The zero-order valence-electron chi connectivity index (χ0n) is 17.3. The molecule has 0 spiro atoms. The van der Waals surface area contributed by atoms with Crippen molar-refractivity contribution in [3.63, 3.8) is 0 Å². The van der Waals surface area contributed by atoms with Gasteiger partial charge in [-0.15, -0.1) is 0 Å². The monoisotopic (exact) mass is 415 g/mol. The van der Waals surface area contributed by atoms with Crippen molar-refractivity contribution in [3.8, 4) is 0 Å². The molecule has 4 rings (SSSR count). The van der Waals surface area contributed by atoms with Gasteiger partial charge in [0.05, 0.1) is 18.3 Å². The van der Waals surface area contributed by atoms with E-state index in [4.69, 9.17) is 9.72 Å². The lowest BCUT2D eigenvalue weighted by Gasteiger charge is -2.29.